The summed E-state index contributed by atoms with van der Waals surface area (Å²) in [5.41, 5.74) is 2.64. The largest absolute Gasteiger partial charge is 0.481 e. The van der Waals surface area contributed by atoms with Gasteiger partial charge < -0.3 is 14.9 Å². The number of carbonyl (C=O) groups is 3. The maximum absolute atomic E-state index is 12.7. The van der Waals surface area contributed by atoms with Gasteiger partial charge in [-0.25, -0.2) is 9.59 Å². The number of benzene rings is 2. The fraction of sp³-hybridized carbons (Fsp3) is 0.318. The highest BCUT2D eigenvalue weighted by molar-refractivity contribution is 5.84. The van der Waals surface area contributed by atoms with E-state index in [1.165, 1.54) is 13.8 Å². The lowest BCUT2D eigenvalue weighted by Gasteiger charge is -2.34. The number of carboxylic acids is 2. The lowest BCUT2D eigenvalue weighted by molar-refractivity contribution is -0.149. The molecule has 0 heterocycles. The Labute approximate surface area is 168 Å². The number of hydrogen-bond acceptors (Lipinski definition) is 4. The molecule has 2 aromatic rings. The molecule has 1 aliphatic carbocycles. The van der Waals surface area contributed by atoms with Gasteiger partial charge in [-0.2, -0.15) is 0 Å². The van der Waals surface area contributed by atoms with Crippen LogP contribution in [0.5, 0.6) is 0 Å². The summed E-state index contributed by atoms with van der Waals surface area (Å²) in [4.78, 5) is 36.2. The molecule has 0 fully saturated rings. The molecule has 7 heteroatoms. The first kappa shape index (κ1) is 20.4. The highest BCUT2D eigenvalue weighted by atomic mass is 16.6. The van der Waals surface area contributed by atoms with Gasteiger partial charge in [0.1, 0.15) is 12.1 Å². The first-order chi connectivity index (χ1) is 13.7. The molecule has 0 aliphatic heterocycles. The predicted molar refractivity (Wildman–Crippen MR) is 106 cm³/mol. The highest BCUT2D eigenvalue weighted by Gasteiger charge is 2.39. The van der Waals surface area contributed by atoms with Crippen LogP contribution in [0.25, 0.3) is 11.1 Å². The second kappa shape index (κ2) is 7.95. The molecule has 7 nitrogen and oxygen atoms in total. The van der Waals surface area contributed by atoms with Crippen LogP contribution in [0.1, 0.15) is 37.3 Å². The molecule has 0 atom stereocenters. The van der Waals surface area contributed by atoms with Crippen molar-refractivity contribution in [2.24, 2.45) is 0 Å². The van der Waals surface area contributed by atoms with Crippen molar-refractivity contribution in [1.29, 1.82) is 0 Å². The van der Waals surface area contributed by atoms with E-state index in [9.17, 15) is 19.5 Å². The van der Waals surface area contributed by atoms with Crippen LogP contribution in [-0.4, -0.2) is 51.8 Å². The lowest BCUT2D eigenvalue weighted by atomic mass is 9.98. The Morgan fingerprint density at radius 2 is 1.48 bits per heavy atom. The summed E-state index contributed by atoms with van der Waals surface area (Å²) in [6.07, 6.45) is -1.22. The van der Waals surface area contributed by atoms with E-state index in [0.717, 1.165) is 27.2 Å². The first-order valence-electron chi connectivity index (χ1n) is 9.31. The Hall–Kier alpha value is -3.35. The number of aliphatic carboxylic acids is 2. The maximum atomic E-state index is 12.7. The Morgan fingerprint density at radius 3 is 1.97 bits per heavy atom. The number of rotatable bonds is 7. The number of carboxylic acid groups (broad SMARTS) is 2. The third kappa shape index (κ3) is 3.94. The molecule has 0 saturated heterocycles. The number of carbonyl (C=O) groups excluding carboxylic acids is 1. The van der Waals surface area contributed by atoms with Gasteiger partial charge in [0.2, 0.25) is 0 Å². The predicted octanol–water partition coefficient (Wildman–Crippen LogP) is 3.58. The van der Waals surface area contributed by atoms with Crippen molar-refractivity contribution < 1.29 is 29.3 Å². The summed E-state index contributed by atoms with van der Waals surface area (Å²) in [6, 6.07) is 15.7. The molecule has 29 heavy (non-hydrogen) atoms. The molecule has 3 rings (SSSR count). The van der Waals surface area contributed by atoms with E-state index in [-0.39, 0.29) is 25.5 Å². The van der Waals surface area contributed by atoms with Crippen molar-refractivity contribution in [1.82, 2.24) is 4.90 Å². The molecule has 0 aromatic heterocycles. The topological polar surface area (TPSA) is 104 Å². The van der Waals surface area contributed by atoms with E-state index >= 15 is 0 Å². The van der Waals surface area contributed by atoms with Crippen LogP contribution in [0.3, 0.4) is 0 Å². The zero-order valence-corrected chi connectivity index (χ0v) is 16.3. The van der Waals surface area contributed by atoms with Gasteiger partial charge in [-0.3, -0.25) is 9.69 Å². The van der Waals surface area contributed by atoms with Crippen LogP contribution in [0.4, 0.5) is 4.79 Å². The summed E-state index contributed by atoms with van der Waals surface area (Å²) in [5, 5.41) is 18.4. The average Bonchev–Trinajstić information content (AvgIpc) is 3.00. The molecule has 0 unspecified atom stereocenters. The molecular weight excluding hydrogens is 374 g/mol. The minimum atomic E-state index is -1.60. The van der Waals surface area contributed by atoms with E-state index in [0.29, 0.717) is 0 Å². The molecule has 0 bridgehead atoms. The van der Waals surface area contributed by atoms with Crippen LogP contribution < -0.4 is 0 Å². The van der Waals surface area contributed by atoms with Crippen molar-refractivity contribution in [2.45, 2.75) is 31.7 Å². The molecule has 152 valence electrons. The fourth-order valence-electron chi connectivity index (χ4n) is 3.59. The van der Waals surface area contributed by atoms with Gasteiger partial charge in [0.15, 0.2) is 0 Å². The van der Waals surface area contributed by atoms with Crippen molar-refractivity contribution in [3.8, 4) is 11.1 Å². The molecule has 0 spiro atoms. The monoisotopic (exact) mass is 397 g/mol. The van der Waals surface area contributed by atoms with Gasteiger partial charge in [-0.1, -0.05) is 48.5 Å². The Balaban J connectivity index is 1.81. The van der Waals surface area contributed by atoms with Gasteiger partial charge in [-0.15, -0.1) is 0 Å². The van der Waals surface area contributed by atoms with Gasteiger partial charge in [0.25, 0.3) is 0 Å². The third-order valence-electron chi connectivity index (χ3n) is 5.30. The Morgan fingerprint density at radius 1 is 0.966 bits per heavy atom. The molecule has 1 amide bonds. The third-order valence-corrected chi connectivity index (χ3v) is 5.30. The molecule has 2 N–H and O–H groups in total. The van der Waals surface area contributed by atoms with Crippen molar-refractivity contribution in [3.63, 3.8) is 0 Å². The summed E-state index contributed by atoms with van der Waals surface area (Å²) >= 11 is 0. The quantitative estimate of drug-likeness (QED) is 0.740. The molecule has 0 saturated carbocycles. The summed E-state index contributed by atoms with van der Waals surface area (Å²) in [6.45, 7) is 2.47. The standard InChI is InChI=1S/C22H23NO6/c1-22(2,20(26)27)23(12-11-19(24)25)21(28)29-13-18-16-9-5-3-7-14(16)15-8-4-6-10-17(15)18/h3-10,18H,11-13H2,1-2H3,(H,24,25)(H,26,27). The van der Waals surface area contributed by atoms with Gasteiger partial charge in [0, 0.05) is 12.5 Å². The van der Waals surface area contributed by atoms with E-state index < -0.39 is 23.6 Å². The van der Waals surface area contributed by atoms with Gasteiger partial charge >= 0.3 is 18.0 Å². The number of nitrogens with zero attached hydrogens (tertiary/aromatic N) is 1. The zero-order valence-electron chi connectivity index (χ0n) is 16.3. The van der Waals surface area contributed by atoms with Gasteiger partial charge in [0.05, 0.1) is 6.42 Å². The van der Waals surface area contributed by atoms with E-state index in [1.807, 2.05) is 48.5 Å². The number of ether oxygens (including phenoxy) is 1. The van der Waals surface area contributed by atoms with Crippen LogP contribution in [0.2, 0.25) is 0 Å². The maximum Gasteiger partial charge on any atom is 0.410 e. The number of fused-ring (bicyclic) bond motifs is 3. The second-order valence-corrected chi connectivity index (χ2v) is 7.46. The lowest BCUT2D eigenvalue weighted by Crippen LogP contribution is -2.54. The van der Waals surface area contributed by atoms with E-state index in [2.05, 4.69) is 0 Å². The number of hydrogen-bond donors (Lipinski definition) is 2. The molecule has 0 radical (unpaired) electrons. The Kier molecular flexibility index (Phi) is 5.59. The molecule has 1 aliphatic rings. The van der Waals surface area contributed by atoms with Crippen molar-refractivity contribution in [2.75, 3.05) is 13.2 Å². The minimum Gasteiger partial charge on any atom is -0.481 e. The Bertz CT molecular complexity index is 906. The SMILES string of the molecule is CC(C)(C(=O)O)N(CCC(=O)O)C(=O)OCC1c2ccccc2-c2ccccc21. The minimum absolute atomic E-state index is 0.0339. The van der Waals surface area contributed by atoms with Crippen molar-refractivity contribution >= 4 is 18.0 Å². The first-order valence-corrected chi connectivity index (χ1v) is 9.31. The molecular formula is C22H23NO6. The zero-order chi connectivity index (χ0) is 21.2. The fourth-order valence-corrected chi connectivity index (χ4v) is 3.59. The number of amides is 1. The second-order valence-electron chi connectivity index (χ2n) is 7.46. The summed E-state index contributed by atoms with van der Waals surface area (Å²) in [5.74, 6) is -2.53. The van der Waals surface area contributed by atoms with Crippen LogP contribution in [0.15, 0.2) is 48.5 Å². The van der Waals surface area contributed by atoms with E-state index in [4.69, 9.17) is 9.84 Å². The van der Waals surface area contributed by atoms with Crippen LogP contribution in [0, 0.1) is 0 Å². The van der Waals surface area contributed by atoms with E-state index in [1.54, 1.807) is 0 Å². The van der Waals surface area contributed by atoms with Crippen LogP contribution >= 0.6 is 0 Å². The normalized spacial score (nSPS) is 12.8. The van der Waals surface area contributed by atoms with Crippen LogP contribution in [-0.2, 0) is 14.3 Å². The highest BCUT2D eigenvalue weighted by Crippen LogP contribution is 2.44. The van der Waals surface area contributed by atoms with Gasteiger partial charge in [-0.05, 0) is 36.1 Å². The smallest absolute Gasteiger partial charge is 0.410 e. The average molecular weight is 397 g/mol. The van der Waals surface area contributed by atoms with Crippen molar-refractivity contribution in [3.05, 3.63) is 59.7 Å². The summed E-state index contributed by atoms with van der Waals surface area (Å²) in [7, 11) is 0. The summed E-state index contributed by atoms with van der Waals surface area (Å²) < 4.78 is 5.50. The molecule has 2 aromatic carbocycles.